The number of anilines is 1. The predicted octanol–water partition coefficient (Wildman–Crippen LogP) is 3.00. The molecule has 0 bridgehead atoms. The van der Waals surface area contributed by atoms with Crippen molar-refractivity contribution in [2.45, 2.75) is 20.3 Å². The Balaban J connectivity index is 3.09. The largest absolute Gasteiger partial charge is 0.326 e. The van der Waals surface area contributed by atoms with E-state index in [0.29, 0.717) is 17.7 Å². The Morgan fingerprint density at radius 3 is 2.71 bits per heavy atom. The molecule has 14 heavy (non-hydrogen) atoms. The number of halogens is 2. The number of nitrogens with one attached hydrogen (secondary N) is 1. The summed E-state index contributed by atoms with van der Waals surface area (Å²) >= 11 is 5.71. The maximum atomic E-state index is 13.2. The third-order valence-electron chi connectivity index (χ3n) is 1.80. The van der Waals surface area contributed by atoms with Crippen LogP contribution < -0.4 is 5.32 Å². The van der Waals surface area contributed by atoms with Crippen molar-refractivity contribution < 1.29 is 9.18 Å². The quantitative estimate of drug-likeness (QED) is 0.808. The predicted molar refractivity (Wildman–Crippen MR) is 55.1 cm³/mol. The second-order valence-corrected chi connectivity index (χ2v) is 3.34. The van der Waals surface area contributed by atoms with Gasteiger partial charge in [0.25, 0.3) is 0 Å². The minimum atomic E-state index is -0.505. The Hall–Kier alpha value is -1.09. The van der Waals surface area contributed by atoms with E-state index in [0.717, 1.165) is 0 Å². The molecule has 0 saturated heterocycles. The Kier molecular flexibility index (Phi) is 3.47. The first-order valence-electron chi connectivity index (χ1n) is 4.30. The average Bonchev–Trinajstić information content (AvgIpc) is 2.10. The molecule has 76 valence electrons. The van der Waals surface area contributed by atoms with Crippen molar-refractivity contribution in [1.82, 2.24) is 0 Å². The van der Waals surface area contributed by atoms with Gasteiger partial charge in [-0.15, -0.1) is 0 Å². The van der Waals surface area contributed by atoms with Gasteiger partial charge < -0.3 is 5.32 Å². The van der Waals surface area contributed by atoms with Gasteiger partial charge in [-0.05, 0) is 24.1 Å². The van der Waals surface area contributed by atoms with E-state index in [-0.39, 0.29) is 10.9 Å². The van der Waals surface area contributed by atoms with E-state index in [1.165, 1.54) is 13.0 Å². The minimum absolute atomic E-state index is 0.126. The van der Waals surface area contributed by atoms with Crippen molar-refractivity contribution in [2.75, 3.05) is 5.32 Å². The van der Waals surface area contributed by atoms with Crippen molar-refractivity contribution in [3.8, 4) is 0 Å². The smallest absolute Gasteiger partial charge is 0.221 e. The first-order chi connectivity index (χ1) is 6.54. The van der Waals surface area contributed by atoms with Crippen LogP contribution in [0.4, 0.5) is 10.1 Å². The highest BCUT2D eigenvalue weighted by Crippen LogP contribution is 2.24. The highest BCUT2D eigenvalue weighted by atomic mass is 35.5. The van der Waals surface area contributed by atoms with Crippen molar-refractivity contribution in [3.05, 3.63) is 28.5 Å². The van der Waals surface area contributed by atoms with E-state index in [1.807, 2.05) is 6.92 Å². The van der Waals surface area contributed by atoms with Gasteiger partial charge in [0.05, 0.1) is 5.02 Å². The zero-order valence-electron chi connectivity index (χ0n) is 8.03. The van der Waals surface area contributed by atoms with Crippen LogP contribution in [0.25, 0.3) is 0 Å². The molecule has 0 atom stereocenters. The molecule has 1 N–H and O–H groups in total. The molecule has 0 radical (unpaired) electrons. The summed E-state index contributed by atoms with van der Waals surface area (Å²) in [6.45, 7) is 3.25. The monoisotopic (exact) mass is 215 g/mol. The number of carbonyl (C=O) groups excluding carboxylic acids is 1. The fraction of sp³-hybridized carbons (Fsp3) is 0.300. The van der Waals surface area contributed by atoms with Crippen LogP contribution in [0.5, 0.6) is 0 Å². The molecular weight excluding hydrogens is 205 g/mol. The van der Waals surface area contributed by atoms with Crippen LogP contribution in [-0.2, 0) is 11.2 Å². The van der Waals surface area contributed by atoms with Crippen molar-refractivity contribution in [3.63, 3.8) is 0 Å². The zero-order valence-corrected chi connectivity index (χ0v) is 8.78. The fourth-order valence-corrected chi connectivity index (χ4v) is 1.42. The van der Waals surface area contributed by atoms with E-state index in [2.05, 4.69) is 5.32 Å². The number of hydrogen-bond acceptors (Lipinski definition) is 1. The third kappa shape index (κ3) is 2.45. The Morgan fingerprint density at radius 2 is 2.21 bits per heavy atom. The SMILES string of the molecule is CCc1cc(NC(C)=O)cc(F)c1Cl. The van der Waals surface area contributed by atoms with Gasteiger partial charge in [0, 0.05) is 12.6 Å². The summed E-state index contributed by atoms with van der Waals surface area (Å²) in [6, 6.07) is 2.88. The summed E-state index contributed by atoms with van der Waals surface area (Å²) in [4.78, 5) is 10.7. The minimum Gasteiger partial charge on any atom is -0.326 e. The normalized spacial score (nSPS) is 10.0. The Bertz CT molecular complexity index is 365. The van der Waals surface area contributed by atoms with Crippen molar-refractivity contribution >= 4 is 23.2 Å². The van der Waals surface area contributed by atoms with E-state index >= 15 is 0 Å². The second kappa shape index (κ2) is 4.42. The number of carbonyl (C=O) groups is 1. The first kappa shape index (κ1) is 11.0. The molecule has 0 spiro atoms. The Morgan fingerprint density at radius 1 is 1.57 bits per heavy atom. The summed E-state index contributed by atoms with van der Waals surface area (Å²) in [6.07, 6.45) is 0.628. The average molecular weight is 216 g/mol. The number of hydrogen-bond donors (Lipinski definition) is 1. The van der Waals surface area contributed by atoms with Crippen LogP contribution >= 0.6 is 11.6 Å². The highest BCUT2D eigenvalue weighted by molar-refractivity contribution is 6.31. The van der Waals surface area contributed by atoms with Gasteiger partial charge in [-0.3, -0.25) is 4.79 Å². The zero-order chi connectivity index (χ0) is 10.7. The molecule has 2 nitrogen and oxygen atoms in total. The summed E-state index contributed by atoms with van der Waals surface area (Å²) in [5, 5.41) is 2.64. The molecule has 0 aliphatic heterocycles. The lowest BCUT2D eigenvalue weighted by Gasteiger charge is -2.07. The molecule has 0 aromatic heterocycles. The topological polar surface area (TPSA) is 29.1 Å². The molecule has 4 heteroatoms. The maximum absolute atomic E-state index is 13.2. The molecule has 1 aromatic carbocycles. The Labute approximate surface area is 87.1 Å². The molecular formula is C10H11ClFNO. The maximum Gasteiger partial charge on any atom is 0.221 e. The lowest BCUT2D eigenvalue weighted by atomic mass is 10.1. The van der Waals surface area contributed by atoms with Gasteiger partial charge in [-0.2, -0.15) is 0 Å². The third-order valence-corrected chi connectivity index (χ3v) is 2.23. The van der Waals surface area contributed by atoms with Crippen LogP contribution in [0, 0.1) is 5.82 Å². The molecule has 0 fully saturated rings. The summed E-state index contributed by atoms with van der Waals surface area (Å²) in [5.74, 6) is -0.733. The lowest BCUT2D eigenvalue weighted by molar-refractivity contribution is -0.114. The fourth-order valence-electron chi connectivity index (χ4n) is 1.18. The molecule has 0 unspecified atom stereocenters. The van der Waals surface area contributed by atoms with E-state index in [9.17, 15) is 9.18 Å². The van der Waals surface area contributed by atoms with E-state index in [4.69, 9.17) is 11.6 Å². The van der Waals surface area contributed by atoms with Gasteiger partial charge in [0.2, 0.25) is 5.91 Å². The van der Waals surface area contributed by atoms with Gasteiger partial charge in [-0.25, -0.2) is 4.39 Å². The van der Waals surface area contributed by atoms with Gasteiger partial charge >= 0.3 is 0 Å². The molecule has 1 aromatic rings. The molecule has 0 aliphatic rings. The molecule has 1 rings (SSSR count). The standard InChI is InChI=1S/C10H11ClFNO/c1-3-7-4-8(13-6(2)14)5-9(12)10(7)11/h4-5H,3H2,1-2H3,(H,13,14). The van der Waals surface area contributed by atoms with Crippen LogP contribution in [0.2, 0.25) is 5.02 Å². The van der Waals surface area contributed by atoms with E-state index in [1.54, 1.807) is 6.07 Å². The van der Waals surface area contributed by atoms with Crippen molar-refractivity contribution in [2.24, 2.45) is 0 Å². The number of benzene rings is 1. The summed E-state index contributed by atoms with van der Waals surface area (Å²) in [5.41, 5.74) is 1.13. The van der Waals surface area contributed by atoms with Gasteiger partial charge in [-0.1, -0.05) is 18.5 Å². The van der Waals surface area contributed by atoms with Crippen molar-refractivity contribution in [1.29, 1.82) is 0 Å². The first-order valence-corrected chi connectivity index (χ1v) is 4.68. The number of rotatable bonds is 2. The highest BCUT2D eigenvalue weighted by Gasteiger charge is 2.07. The van der Waals surface area contributed by atoms with Crippen LogP contribution in [-0.4, -0.2) is 5.91 Å². The van der Waals surface area contributed by atoms with E-state index < -0.39 is 5.82 Å². The second-order valence-electron chi connectivity index (χ2n) is 2.97. The number of amides is 1. The van der Waals surface area contributed by atoms with Crippen LogP contribution in [0.1, 0.15) is 19.4 Å². The van der Waals surface area contributed by atoms with Gasteiger partial charge in [0.1, 0.15) is 5.82 Å². The summed E-state index contributed by atoms with van der Waals surface area (Å²) in [7, 11) is 0. The van der Waals surface area contributed by atoms with Crippen LogP contribution in [0.15, 0.2) is 12.1 Å². The van der Waals surface area contributed by atoms with Gasteiger partial charge in [0.15, 0.2) is 0 Å². The summed E-state index contributed by atoms with van der Waals surface area (Å²) < 4.78 is 13.2. The molecule has 0 saturated carbocycles. The number of aryl methyl sites for hydroxylation is 1. The lowest BCUT2D eigenvalue weighted by Crippen LogP contribution is -2.06. The molecule has 0 heterocycles. The molecule has 1 amide bonds. The van der Waals surface area contributed by atoms with Crippen LogP contribution in [0.3, 0.4) is 0 Å². The molecule has 0 aliphatic carbocycles.